The van der Waals surface area contributed by atoms with Crippen LogP contribution in [0.2, 0.25) is 0 Å². The van der Waals surface area contributed by atoms with Crippen molar-refractivity contribution in [2.24, 2.45) is 10.8 Å². The number of carbonyl (C=O) groups is 2. The van der Waals surface area contributed by atoms with Crippen molar-refractivity contribution in [1.29, 1.82) is 0 Å². The van der Waals surface area contributed by atoms with Crippen LogP contribution in [0.15, 0.2) is 0 Å². The van der Waals surface area contributed by atoms with Gasteiger partial charge in [-0.3, -0.25) is 27.4 Å². The van der Waals surface area contributed by atoms with Gasteiger partial charge in [-0.1, -0.05) is 13.8 Å². The molecule has 0 amide bonds. The highest BCUT2D eigenvalue weighted by molar-refractivity contribution is 7.47. The second-order valence-corrected chi connectivity index (χ2v) is 16.8. The molecule has 8 atom stereocenters. The van der Waals surface area contributed by atoms with Crippen LogP contribution in [-0.4, -0.2) is 103 Å². The van der Waals surface area contributed by atoms with Crippen LogP contribution in [0.25, 0.3) is 0 Å². The zero-order chi connectivity index (χ0) is 35.0. The summed E-state index contributed by atoms with van der Waals surface area (Å²) in [6.45, 7) is 4.18. The molecule has 0 aromatic rings. The number of esters is 2. The molecule has 2 bridgehead atoms. The van der Waals surface area contributed by atoms with Crippen LogP contribution in [-0.2, 0) is 64.5 Å². The third kappa shape index (κ3) is 8.39. The summed E-state index contributed by atoms with van der Waals surface area (Å²) >= 11 is 0. The highest BCUT2D eigenvalue weighted by Crippen LogP contribution is 2.66. The normalized spacial score (nSPS) is 35.7. The fourth-order valence-corrected chi connectivity index (χ4v) is 8.35. The zero-order valence-electron chi connectivity index (χ0n) is 22.8. The molecule has 0 aromatic heterocycles. The predicted molar refractivity (Wildman–Crippen MR) is 134 cm³/mol. The van der Waals surface area contributed by atoms with Crippen LogP contribution in [0, 0.1) is 10.8 Å². The molecule has 262 valence electrons. The van der Waals surface area contributed by atoms with Crippen LogP contribution in [0.3, 0.4) is 0 Å². The summed E-state index contributed by atoms with van der Waals surface area (Å²) in [5.41, 5.74) is -5.03. The summed E-state index contributed by atoms with van der Waals surface area (Å²) < 4.78 is 92.0. The Kier molecular flexibility index (Phi) is 10.5. The fraction of sp³-hybridized carbons (Fsp3) is 0.875. The Morgan fingerprint density at radius 1 is 0.600 bits per heavy atom. The smallest absolute Gasteiger partial charge is 0.454 e. The Hall–Kier alpha value is -0.510. The number of ether oxygens (including phenoxy) is 2. The van der Waals surface area contributed by atoms with E-state index in [-0.39, 0.29) is 12.8 Å². The number of carbonyl (C=O) groups excluding carboxylic acids is 2. The second-order valence-electron chi connectivity index (χ2n) is 10.8. The third-order valence-corrected chi connectivity index (χ3v) is 10.5. The van der Waals surface area contributed by atoms with Gasteiger partial charge >= 0.3 is 51.1 Å². The largest absolute Gasteiger partial charge is 0.470 e. The Labute approximate surface area is 251 Å². The van der Waals surface area contributed by atoms with E-state index >= 15 is 0 Å². The topological polar surface area (TPSA) is 386 Å². The SMILES string of the molecule is CC1(C)[C@@]2(C)CC[C@]1(C(=O)OC1[C@H](OP(=O)(O)O)[C@H](OP(=O)(O)O)C(OP(=O)(O)O)[C@H](OP(=O)(O)O)[C@H]1OP(=O)(O)O)OC2=O. The number of phosphoric acid groups is 5. The molecule has 10 N–H and O–H groups in total. The van der Waals surface area contributed by atoms with Crippen LogP contribution in [0.4, 0.5) is 0 Å². The molecule has 1 aliphatic heterocycles. The average Bonchev–Trinajstić information content (AvgIpc) is 3.07. The van der Waals surface area contributed by atoms with E-state index in [9.17, 15) is 81.3 Å². The van der Waals surface area contributed by atoms with E-state index in [0.29, 0.717) is 0 Å². The van der Waals surface area contributed by atoms with Crippen LogP contribution in [0.1, 0.15) is 33.6 Å². The van der Waals surface area contributed by atoms with Gasteiger partial charge in [-0.25, -0.2) is 27.6 Å². The predicted octanol–water partition coefficient (Wildman–Crippen LogP) is -1.58. The van der Waals surface area contributed by atoms with Crippen molar-refractivity contribution in [3.05, 3.63) is 0 Å². The van der Waals surface area contributed by atoms with Gasteiger partial charge in [0.05, 0.1) is 5.41 Å². The minimum Gasteiger partial charge on any atom is -0.454 e. The quantitative estimate of drug-likeness (QED) is 0.0792. The van der Waals surface area contributed by atoms with Crippen molar-refractivity contribution in [1.82, 2.24) is 0 Å². The first-order valence-corrected chi connectivity index (χ1v) is 19.6. The molecular weight excluding hydrogens is 731 g/mol. The molecule has 0 spiro atoms. The summed E-state index contributed by atoms with van der Waals surface area (Å²) in [6, 6.07) is 0. The number of fused-ring (bicyclic) bond motifs is 2. The van der Waals surface area contributed by atoms with Gasteiger partial charge < -0.3 is 58.4 Å². The maximum Gasteiger partial charge on any atom is 0.470 e. The van der Waals surface area contributed by atoms with Gasteiger partial charge in [0.2, 0.25) is 5.60 Å². The number of hydrogen-bond acceptors (Lipinski definition) is 14. The molecular formula is C16H29O24P5. The van der Waals surface area contributed by atoms with E-state index in [2.05, 4.69) is 22.6 Å². The molecule has 3 aliphatic rings. The molecule has 2 unspecified atom stereocenters. The van der Waals surface area contributed by atoms with E-state index in [1.807, 2.05) is 0 Å². The Balaban J connectivity index is 2.32. The first-order valence-electron chi connectivity index (χ1n) is 12.0. The van der Waals surface area contributed by atoms with Gasteiger partial charge in [0, 0.05) is 5.41 Å². The van der Waals surface area contributed by atoms with Crippen LogP contribution < -0.4 is 0 Å². The summed E-state index contributed by atoms with van der Waals surface area (Å²) in [6.07, 6.45) is -18.5. The highest BCUT2D eigenvalue weighted by Gasteiger charge is 2.77. The summed E-state index contributed by atoms with van der Waals surface area (Å²) in [4.78, 5) is 122. The molecule has 45 heavy (non-hydrogen) atoms. The summed E-state index contributed by atoms with van der Waals surface area (Å²) in [5, 5.41) is 0. The molecule has 24 nitrogen and oxygen atoms in total. The molecule has 0 aromatic carbocycles. The van der Waals surface area contributed by atoms with Crippen molar-refractivity contribution in [3.63, 3.8) is 0 Å². The van der Waals surface area contributed by atoms with Gasteiger partial charge in [-0.05, 0) is 19.8 Å². The van der Waals surface area contributed by atoms with E-state index in [1.165, 1.54) is 20.8 Å². The molecule has 0 radical (unpaired) electrons. The lowest BCUT2D eigenvalue weighted by Gasteiger charge is -2.48. The van der Waals surface area contributed by atoms with Crippen molar-refractivity contribution in [2.75, 3.05) is 0 Å². The minimum atomic E-state index is -6.03. The molecule has 3 fully saturated rings. The summed E-state index contributed by atoms with van der Waals surface area (Å²) in [7, 11) is -30.1. The Bertz CT molecular complexity index is 1370. The van der Waals surface area contributed by atoms with E-state index in [4.69, 9.17) is 9.47 Å². The number of phosphoric ester groups is 5. The monoisotopic (exact) mass is 760 g/mol. The third-order valence-electron chi connectivity index (χ3n) is 7.89. The van der Waals surface area contributed by atoms with Crippen molar-refractivity contribution in [3.8, 4) is 0 Å². The first-order chi connectivity index (χ1) is 19.8. The number of hydrogen-bond donors (Lipinski definition) is 10. The fourth-order valence-electron chi connectivity index (χ4n) is 5.57. The van der Waals surface area contributed by atoms with Gasteiger partial charge in [0.1, 0.15) is 30.5 Å². The molecule has 29 heteroatoms. The molecule has 2 aliphatic carbocycles. The van der Waals surface area contributed by atoms with Gasteiger partial charge in [0.15, 0.2) is 6.10 Å². The van der Waals surface area contributed by atoms with Crippen molar-refractivity contribution < 1.29 is 113 Å². The van der Waals surface area contributed by atoms with Gasteiger partial charge in [-0.2, -0.15) is 0 Å². The summed E-state index contributed by atoms with van der Waals surface area (Å²) in [5.74, 6) is -2.56. The lowest BCUT2D eigenvalue weighted by molar-refractivity contribution is -0.230. The molecule has 3 rings (SSSR count). The average molecular weight is 760 g/mol. The molecule has 2 saturated carbocycles. The number of rotatable bonds is 12. The van der Waals surface area contributed by atoms with Gasteiger partial charge in [0.25, 0.3) is 0 Å². The van der Waals surface area contributed by atoms with Crippen molar-refractivity contribution >= 4 is 51.1 Å². The standard InChI is InChI=1S/C16H29O24P5/c1-14(2)15(3)4-5-16(14,35-12(15)17)13(18)34-6-7(36-41(19,20)21)9(38-43(25,26)27)11(40-45(31,32)33)10(39-44(28,29)30)8(6)37-42(22,23)24/h6-11H,4-5H2,1-3H3,(H2,19,20,21)(H2,22,23,24)(H2,25,26,27)(H2,28,29,30)(H2,31,32,33)/t6?,7-,8-,9-,10+,11?,15-,16+/m0/s1. The van der Waals surface area contributed by atoms with Gasteiger partial charge in [-0.15, -0.1) is 0 Å². The minimum absolute atomic E-state index is 0.00446. The maximum absolute atomic E-state index is 13.8. The first kappa shape index (κ1) is 38.9. The lowest BCUT2D eigenvalue weighted by atomic mass is 9.66. The van der Waals surface area contributed by atoms with Crippen molar-refractivity contribution in [2.45, 2.75) is 75.8 Å². The highest BCUT2D eigenvalue weighted by atomic mass is 31.2. The van der Waals surface area contributed by atoms with Crippen LogP contribution in [0.5, 0.6) is 0 Å². The second kappa shape index (κ2) is 12.1. The zero-order valence-corrected chi connectivity index (χ0v) is 27.3. The maximum atomic E-state index is 13.8. The van der Waals surface area contributed by atoms with E-state index in [1.54, 1.807) is 0 Å². The van der Waals surface area contributed by atoms with E-state index in [0.717, 1.165) is 0 Å². The lowest BCUT2D eigenvalue weighted by Crippen LogP contribution is -2.67. The van der Waals surface area contributed by atoms with Crippen LogP contribution >= 0.6 is 39.1 Å². The van der Waals surface area contributed by atoms with E-state index < -0.39 is 104 Å². The Morgan fingerprint density at radius 2 is 0.889 bits per heavy atom. The molecule has 1 saturated heterocycles. The molecule has 1 heterocycles. The Morgan fingerprint density at radius 3 is 1.11 bits per heavy atom.